The van der Waals surface area contributed by atoms with Crippen molar-refractivity contribution in [2.75, 3.05) is 19.8 Å². The quantitative estimate of drug-likeness (QED) is 0.0727. The molecule has 1 heterocycles. The fraction of sp³-hybridized carbons (Fsp3) is 0.353. The van der Waals surface area contributed by atoms with Crippen molar-refractivity contribution in [1.82, 2.24) is 0 Å². The van der Waals surface area contributed by atoms with E-state index in [9.17, 15) is 18.1 Å². The number of aliphatic hydroxyl groups is 2. The number of benzene rings is 3. The van der Waals surface area contributed by atoms with E-state index in [0.29, 0.717) is 41.4 Å². The Labute approximate surface area is 268 Å². The number of hydrogen-bond acceptors (Lipinski definition) is 8. The Morgan fingerprint density at radius 1 is 0.909 bits per heavy atom. The molecule has 3 N–H and O–H groups in total. The lowest BCUT2D eigenvalue weighted by molar-refractivity contribution is 0.118. The Kier molecular flexibility index (Phi) is 13.3. The monoisotopic (exact) mass is 656 g/mol. The minimum Gasteiger partial charge on any atom is -0.494 e. The lowest BCUT2D eigenvalue weighted by atomic mass is 9.94. The molecule has 0 spiro atoms. The molecule has 4 rings (SSSR count). The molecule has 0 amide bonds. The van der Waals surface area contributed by atoms with Crippen LogP contribution in [0.1, 0.15) is 67.6 Å². The third kappa shape index (κ3) is 9.90. The Morgan fingerprint density at radius 3 is 2.43 bits per heavy atom. The van der Waals surface area contributed by atoms with E-state index in [4.69, 9.17) is 14.6 Å². The van der Waals surface area contributed by atoms with Gasteiger partial charge in [-0.05, 0) is 89.4 Å². The van der Waals surface area contributed by atoms with Crippen molar-refractivity contribution in [1.29, 1.82) is 0 Å². The zero-order valence-electron chi connectivity index (χ0n) is 24.9. The second kappa shape index (κ2) is 17.1. The minimum atomic E-state index is -4.54. The molecule has 0 aliphatic carbocycles. The molecular weight excluding hydrogens is 617 g/mol. The lowest BCUT2D eigenvalue weighted by Crippen LogP contribution is -2.03. The third-order valence-corrected chi connectivity index (χ3v) is 10.1. The molecule has 0 fully saturated rings. The first-order chi connectivity index (χ1) is 21.3. The van der Waals surface area contributed by atoms with Crippen LogP contribution < -0.4 is 4.74 Å². The van der Waals surface area contributed by atoms with E-state index in [1.165, 1.54) is 29.2 Å². The van der Waals surface area contributed by atoms with E-state index in [-0.39, 0.29) is 11.5 Å². The molecule has 0 aliphatic heterocycles. The van der Waals surface area contributed by atoms with Crippen LogP contribution in [0.2, 0.25) is 0 Å². The van der Waals surface area contributed by atoms with Crippen LogP contribution in [0, 0.1) is 0 Å². The normalized spacial score (nSPS) is 12.4. The van der Waals surface area contributed by atoms with Crippen LogP contribution in [0.4, 0.5) is 0 Å². The molecule has 236 valence electrons. The molecule has 44 heavy (non-hydrogen) atoms. The van der Waals surface area contributed by atoms with Gasteiger partial charge in [0, 0.05) is 27.9 Å². The Hall–Kier alpha value is -2.70. The fourth-order valence-corrected chi connectivity index (χ4v) is 7.36. The minimum absolute atomic E-state index is 0.195. The maximum absolute atomic E-state index is 12.5. The predicted octanol–water partition coefficient (Wildman–Crippen LogP) is 8.14. The van der Waals surface area contributed by atoms with Crippen LogP contribution in [0.25, 0.3) is 11.1 Å². The number of aliphatic hydroxyl groups excluding tert-OH is 2. The number of ether oxygens (including phenoxy) is 2. The Bertz CT molecular complexity index is 1570. The maximum Gasteiger partial charge on any atom is 0.295 e. The van der Waals surface area contributed by atoms with Crippen LogP contribution in [0.15, 0.2) is 92.9 Å². The molecule has 0 radical (unpaired) electrons. The first-order valence-electron chi connectivity index (χ1n) is 14.9. The standard InChI is InChI=1S/C34H40O7S3/c1-2-3-20-41-27-13-15-28(16-14-27)43-32-17-12-25(22-33(32)44(37,38)39)30-10-6-7-11-31(30)34(36)26-21-29(42-24-26)23-40-19-9-5-4-8-18-35/h6-7,10-17,21-22,24,34-36H,2-5,8-9,18-20,23H2,1H3,(H,37,38,39). The summed E-state index contributed by atoms with van der Waals surface area (Å²) in [5.41, 5.74) is 2.59. The molecule has 0 saturated heterocycles. The number of rotatable bonds is 18. The highest BCUT2D eigenvalue weighted by Crippen LogP contribution is 2.39. The summed E-state index contributed by atoms with van der Waals surface area (Å²) in [4.78, 5) is 2.01. The molecule has 3 aromatic carbocycles. The Balaban J connectivity index is 1.50. The van der Waals surface area contributed by atoms with Gasteiger partial charge in [0.1, 0.15) is 16.7 Å². The topological polar surface area (TPSA) is 113 Å². The smallest absolute Gasteiger partial charge is 0.295 e. The van der Waals surface area contributed by atoms with Crippen molar-refractivity contribution in [2.24, 2.45) is 0 Å². The van der Waals surface area contributed by atoms with Crippen molar-refractivity contribution in [3.05, 3.63) is 94.2 Å². The van der Waals surface area contributed by atoms with E-state index in [1.807, 2.05) is 60.0 Å². The van der Waals surface area contributed by atoms with Gasteiger partial charge in [-0.3, -0.25) is 4.55 Å². The zero-order chi connectivity index (χ0) is 31.4. The second-order valence-corrected chi connectivity index (χ2v) is 13.9. The van der Waals surface area contributed by atoms with Crippen LogP contribution in [0.3, 0.4) is 0 Å². The van der Waals surface area contributed by atoms with Gasteiger partial charge in [0.2, 0.25) is 0 Å². The number of thiophene rings is 1. The summed E-state index contributed by atoms with van der Waals surface area (Å²) in [6.45, 7) is 4.08. The average molecular weight is 657 g/mol. The van der Waals surface area contributed by atoms with Gasteiger partial charge in [0.15, 0.2) is 0 Å². The highest BCUT2D eigenvalue weighted by atomic mass is 32.2. The van der Waals surface area contributed by atoms with Crippen molar-refractivity contribution in [3.63, 3.8) is 0 Å². The molecule has 0 aliphatic rings. The number of hydrogen-bond donors (Lipinski definition) is 3. The molecule has 4 aromatic rings. The maximum atomic E-state index is 12.5. The lowest BCUT2D eigenvalue weighted by Gasteiger charge is -2.16. The van der Waals surface area contributed by atoms with Crippen LogP contribution >= 0.6 is 23.1 Å². The van der Waals surface area contributed by atoms with Crippen molar-refractivity contribution < 1.29 is 32.7 Å². The first-order valence-corrected chi connectivity index (χ1v) is 18.0. The van der Waals surface area contributed by atoms with Gasteiger partial charge in [-0.2, -0.15) is 8.42 Å². The van der Waals surface area contributed by atoms with Crippen molar-refractivity contribution >= 4 is 33.2 Å². The van der Waals surface area contributed by atoms with Crippen LogP contribution in [0.5, 0.6) is 5.75 Å². The van der Waals surface area contributed by atoms with Gasteiger partial charge in [0.25, 0.3) is 10.1 Å². The van der Waals surface area contributed by atoms with E-state index in [0.717, 1.165) is 59.6 Å². The predicted molar refractivity (Wildman–Crippen MR) is 176 cm³/mol. The summed E-state index contributed by atoms with van der Waals surface area (Å²) in [5, 5.41) is 22.2. The average Bonchev–Trinajstić information content (AvgIpc) is 3.50. The molecule has 0 bridgehead atoms. The highest BCUT2D eigenvalue weighted by molar-refractivity contribution is 8.00. The van der Waals surface area contributed by atoms with Crippen molar-refractivity contribution in [3.8, 4) is 16.9 Å². The SMILES string of the molecule is CCCCOc1ccc(Sc2ccc(-c3ccccc3C(O)c3csc(COCCCCCCO)c3)cc2S(=O)(=O)O)cc1. The van der Waals surface area contributed by atoms with Gasteiger partial charge in [-0.25, -0.2) is 0 Å². The summed E-state index contributed by atoms with van der Waals surface area (Å²) in [6, 6.07) is 21.6. The molecule has 1 atom stereocenters. The molecule has 1 unspecified atom stereocenters. The van der Waals surface area contributed by atoms with E-state index in [1.54, 1.807) is 12.1 Å². The Morgan fingerprint density at radius 2 is 1.68 bits per heavy atom. The fourth-order valence-electron chi connectivity index (χ4n) is 4.66. The van der Waals surface area contributed by atoms with Gasteiger partial charge in [-0.1, -0.05) is 68.3 Å². The van der Waals surface area contributed by atoms with E-state index >= 15 is 0 Å². The van der Waals surface area contributed by atoms with Gasteiger partial charge in [0.05, 0.1) is 13.2 Å². The van der Waals surface area contributed by atoms with Crippen molar-refractivity contribution in [2.45, 2.75) is 72.8 Å². The third-order valence-electron chi connectivity index (χ3n) is 7.04. The molecular formula is C34H40O7S3. The molecule has 0 saturated carbocycles. The molecule has 7 nitrogen and oxygen atoms in total. The van der Waals surface area contributed by atoms with Gasteiger partial charge >= 0.3 is 0 Å². The zero-order valence-corrected chi connectivity index (χ0v) is 27.3. The second-order valence-electron chi connectivity index (χ2n) is 10.4. The van der Waals surface area contributed by atoms with Crippen LogP contribution in [-0.4, -0.2) is 43.0 Å². The molecule has 1 aromatic heterocycles. The summed E-state index contributed by atoms with van der Waals surface area (Å²) in [6.07, 6.45) is 4.85. The van der Waals surface area contributed by atoms with E-state index in [2.05, 4.69) is 6.92 Å². The summed E-state index contributed by atoms with van der Waals surface area (Å²) < 4.78 is 46.7. The summed E-state index contributed by atoms with van der Waals surface area (Å²) in [5.74, 6) is 0.749. The van der Waals surface area contributed by atoms with Gasteiger partial charge in [-0.15, -0.1) is 11.3 Å². The van der Waals surface area contributed by atoms with E-state index < -0.39 is 16.2 Å². The van der Waals surface area contributed by atoms with Gasteiger partial charge < -0.3 is 19.7 Å². The van der Waals surface area contributed by atoms with Crippen LogP contribution in [-0.2, 0) is 21.5 Å². The largest absolute Gasteiger partial charge is 0.494 e. The first kappa shape index (κ1) is 34.2. The summed E-state index contributed by atoms with van der Waals surface area (Å²) in [7, 11) is -4.54. The molecule has 10 heteroatoms. The summed E-state index contributed by atoms with van der Waals surface area (Å²) >= 11 is 2.76. The highest BCUT2D eigenvalue weighted by Gasteiger charge is 2.21. The number of unbranched alkanes of at least 4 members (excludes halogenated alkanes) is 4.